The molecule has 0 aliphatic rings. The molecule has 106 valence electrons. The fourth-order valence-electron chi connectivity index (χ4n) is 1.07. The number of anilines is 1. The van der Waals surface area contributed by atoms with E-state index >= 15 is 0 Å². The number of rotatable bonds is 3. The first-order chi connectivity index (χ1) is 8.70. The number of carbonyl (C=O) groups excluding carboxylic acids is 1. The molecule has 0 heterocycles. The predicted octanol–water partition coefficient (Wildman–Crippen LogP) is 3.02. The van der Waals surface area contributed by atoms with E-state index in [0.29, 0.717) is 0 Å². The van der Waals surface area contributed by atoms with Gasteiger partial charge in [-0.05, 0) is 12.1 Å². The number of hydrogen-bond acceptors (Lipinski definition) is 2. The molecule has 1 aromatic rings. The summed E-state index contributed by atoms with van der Waals surface area (Å²) in [5, 5.41) is 2.40. The van der Waals surface area contributed by atoms with E-state index in [-0.39, 0.29) is 11.4 Å². The second-order valence-electron chi connectivity index (χ2n) is 3.83. The number of ether oxygens (including phenoxy) is 1. The molecule has 0 saturated carbocycles. The Morgan fingerprint density at radius 2 is 2.00 bits per heavy atom. The van der Waals surface area contributed by atoms with Crippen LogP contribution >= 0.6 is 0 Å². The van der Waals surface area contributed by atoms with Gasteiger partial charge in [-0.25, -0.2) is 4.79 Å². The third kappa shape index (κ3) is 4.65. The molecule has 1 aromatic carbocycles. The first-order valence-corrected chi connectivity index (χ1v) is 5.16. The molecule has 8 heteroatoms. The maximum Gasteiger partial charge on any atom is 0.457 e. The maximum absolute atomic E-state index is 12.7. The maximum atomic E-state index is 12.7. The highest BCUT2D eigenvalue weighted by molar-refractivity contribution is 5.89. The number of benzene rings is 1. The van der Waals surface area contributed by atoms with E-state index in [0.717, 1.165) is 12.1 Å². The average Bonchev–Trinajstić information content (AvgIpc) is 2.27. The summed E-state index contributed by atoms with van der Waals surface area (Å²) in [6.45, 7) is 0. The van der Waals surface area contributed by atoms with Crippen molar-refractivity contribution in [2.24, 2.45) is 0 Å². The highest BCUT2D eigenvalue weighted by atomic mass is 19.4. The first-order valence-electron chi connectivity index (χ1n) is 5.16. The minimum Gasteiger partial charge on any atom is -0.452 e. The lowest BCUT2D eigenvalue weighted by Gasteiger charge is -2.16. The lowest BCUT2D eigenvalue weighted by atomic mass is 10.3. The van der Waals surface area contributed by atoms with E-state index in [1.807, 2.05) is 0 Å². The van der Waals surface area contributed by atoms with Crippen LogP contribution in [-0.4, -0.2) is 37.6 Å². The molecule has 1 rings (SSSR count). The number of alkyl halides is 4. The molecule has 0 fully saturated rings. The summed E-state index contributed by atoms with van der Waals surface area (Å²) in [7, 11) is 2.99. The van der Waals surface area contributed by atoms with Crippen molar-refractivity contribution in [2.45, 2.75) is 12.5 Å². The Balaban J connectivity index is 2.75. The Bertz CT molecular complexity index is 449. The molecule has 2 amide bonds. The number of nitrogens with zero attached hydrogens (tertiary/aromatic N) is 1. The lowest BCUT2D eigenvalue weighted by molar-refractivity contribution is -0.236. The summed E-state index contributed by atoms with van der Waals surface area (Å²) in [6, 6.07) is 4.56. The van der Waals surface area contributed by atoms with Crippen molar-refractivity contribution in [3.63, 3.8) is 0 Å². The largest absolute Gasteiger partial charge is 0.457 e. The van der Waals surface area contributed by atoms with Gasteiger partial charge < -0.3 is 15.0 Å². The van der Waals surface area contributed by atoms with Crippen LogP contribution in [-0.2, 0) is 0 Å². The third-order valence-corrected chi connectivity index (χ3v) is 1.99. The Hall–Kier alpha value is -1.99. The van der Waals surface area contributed by atoms with Crippen molar-refractivity contribution >= 4 is 11.7 Å². The first kappa shape index (κ1) is 15.1. The normalized spacial score (nSPS) is 12.7. The number of hydrogen-bond donors (Lipinski definition) is 1. The molecular weight excluding hydrogens is 268 g/mol. The van der Waals surface area contributed by atoms with Gasteiger partial charge in [-0.1, -0.05) is 6.07 Å². The molecule has 0 aromatic heterocycles. The van der Waals surface area contributed by atoms with Crippen molar-refractivity contribution in [3.8, 4) is 5.75 Å². The van der Waals surface area contributed by atoms with E-state index in [1.165, 1.54) is 31.1 Å². The molecule has 0 spiro atoms. The number of amides is 2. The number of urea groups is 1. The second kappa shape index (κ2) is 5.77. The van der Waals surface area contributed by atoms with Gasteiger partial charge in [0.25, 0.3) is 0 Å². The van der Waals surface area contributed by atoms with Gasteiger partial charge in [0, 0.05) is 25.8 Å². The average molecular weight is 280 g/mol. The van der Waals surface area contributed by atoms with Crippen LogP contribution in [0.3, 0.4) is 0 Å². The van der Waals surface area contributed by atoms with Crippen molar-refractivity contribution in [1.29, 1.82) is 0 Å². The smallest absolute Gasteiger partial charge is 0.452 e. The van der Waals surface area contributed by atoms with Crippen LogP contribution in [0.1, 0.15) is 0 Å². The zero-order valence-corrected chi connectivity index (χ0v) is 10.2. The van der Waals surface area contributed by atoms with E-state index in [1.54, 1.807) is 0 Å². The lowest BCUT2D eigenvalue weighted by Crippen LogP contribution is -2.30. The molecule has 1 atom stereocenters. The van der Waals surface area contributed by atoms with Gasteiger partial charge in [0.2, 0.25) is 0 Å². The Morgan fingerprint density at radius 1 is 1.37 bits per heavy atom. The Morgan fingerprint density at radius 3 is 2.53 bits per heavy atom. The van der Waals surface area contributed by atoms with Crippen LogP contribution in [0.5, 0.6) is 5.75 Å². The molecule has 1 unspecified atom stereocenters. The Labute approximate surface area is 107 Å². The molecule has 0 radical (unpaired) electrons. The fourth-order valence-corrected chi connectivity index (χ4v) is 1.07. The Kier molecular flexibility index (Phi) is 4.57. The van der Waals surface area contributed by atoms with Crippen LogP contribution in [0.4, 0.5) is 28.0 Å². The number of nitrogens with one attached hydrogen (secondary N) is 1. The van der Waals surface area contributed by atoms with Crippen LogP contribution in [0, 0.1) is 0 Å². The molecule has 1 N–H and O–H groups in total. The second-order valence-corrected chi connectivity index (χ2v) is 3.83. The summed E-state index contributed by atoms with van der Waals surface area (Å²) < 4.78 is 52.7. The van der Waals surface area contributed by atoms with E-state index in [9.17, 15) is 22.4 Å². The summed E-state index contributed by atoms with van der Waals surface area (Å²) in [5.74, 6) is -0.332. The van der Waals surface area contributed by atoms with Gasteiger partial charge in [0.05, 0.1) is 0 Å². The molecule has 0 bridgehead atoms. The summed E-state index contributed by atoms with van der Waals surface area (Å²) >= 11 is 0. The van der Waals surface area contributed by atoms with Crippen LogP contribution < -0.4 is 10.1 Å². The number of halogens is 4. The standard InChI is InChI=1S/C11H12F4N2O2/c1-17(2)10(18)16-7-4-3-5-8(6-7)19-9(12)11(13,14)15/h3-6,9H,1-2H3,(H,16,18). The monoisotopic (exact) mass is 280 g/mol. The van der Waals surface area contributed by atoms with Crippen molar-refractivity contribution < 1.29 is 27.1 Å². The number of carbonyl (C=O) groups is 1. The highest BCUT2D eigenvalue weighted by Gasteiger charge is 2.42. The predicted molar refractivity (Wildman–Crippen MR) is 60.7 cm³/mol. The molecule has 0 aliphatic carbocycles. The van der Waals surface area contributed by atoms with Crippen molar-refractivity contribution in [3.05, 3.63) is 24.3 Å². The minimum absolute atomic E-state index is 0.200. The summed E-state index contributed by atoms with van der Waals surface area (Å²) in [4.78, 5) is 12.6. The highest BCUT2D eigenvalue weighted by Crippen LogP contribution is 2.27. The fraction of sp³-hybridized carbons (Fsp3) is 0.364. The third-order valence-electron chi connectivity index (χ3n) is 1.99. The van der Waals surface area contributed by atoms with Gasteiger partial charge in [-0.3, -0.25) is 0 Å². The van der Waals surface area contributed by atoms with Crippen LogP contribution in [0.25, 0.3) is 0 Å². The van der Waals surface area contributed by atoms with Gasteiger partial charge in [0.1, 0.15) is 5.75 Å². The van der Waals surface area contributed by atoms with E-state index in [4.69, 9.17) is 0 Å². The molecule has 19 heavy (non-hydrogen) atoms. The van der Waals surface area contributed by atoms with Crippen LogP contribution in [0.2, 0.25) is 0 Å². The van der Waals surface area contributed by atoms with Gasteiger partial charge in [-0.2, -0.15) is 17.6 Å². The molecular formula is C11H12F4N2O2. The minimum atomic E-state index is -5.09. The van der Waals surface area contributed by atoms with Crippen molar-refractivity contribution in [1.82, 2.24) is 4.90 Å². The zero-order valence-electron chi connectivity index (χ0n) is 10.2. The zero-order chi connectivity index (χ0) is 14.6. The van der Waals surface area contributed by atoms with Crippen LogP contribution in [0.15, 0.2) is 24.3 Å². The topological polar surface area (TPSA) is 41.6 Å². The quantitative estimate of drug-likeness (QED) is 0.865. The molecule has 0 aliphatic heterocycles. The molecule has 0 saturated heterocycles. The van der Waals surface area contributed by atoms with E-state index < -0.39 is 18.6 Å². The summed E-state index contributed by atoms with van der Waals surface area (Å²) in [5.41, 5.74) is 0.200. The van der Waals surface area contributed by atoms with Gasteiger partial charge >= 0.3 is 18.6 Å². The van der Waals surface area contributed by atoms with Crippen molar-refractivity contribution in [2.75, 3.05) is 19.4 Å². The van der Waals surface area contributed by atoms with Gasteiger partial charge in [-0.15, -0.1) is 0 Å². The van der Waals surface area contributed by atoms with E-state index in [2.05, 4.69) is 10.1 Å². The summed E-state index contributed by atoms with van der Waals surface area (Å²) in [6.07, 6.45) is -8.50. The SMILES string of the molecule is CN(C)C(=O)Nc1cccc(OC(F)C(F)(F)F)c1. The molecule has 4 nitrogen and oxygen atoms in total. The van der Waals surface area contributed by atoms with Gasteiger partial charge in [0.15, 0.2) is 0 Å².